The first kappa shape index (κ1) is 21.7. The van der Waals surface area contributed by atoms with E-state index in [-0.39, 0.29) is 11.6 Å². The van der Waals surface area contributed by atoms with Gasteiger partial charge >= 0.3 is 5.97 Å². The number of carbonyl (C=O) groups is 2. The van der Waals surface area contributed by atoms with E-state index in [0.29, 0.717) is 17.9 Å². The van der Waals surface area contributed by atoms with Crippen LogP contribution >= 0.6 is 0 Å². The Balaban J connectivity index is 2.00. The van der Waals surface area contributed by atoms with E-state index in [1.807, 2.05) is 37.3 Å². The summed E-state index contributed by atoms with van der Waals surface area (Å²) >= 11 is 0. The van der Waals surface area contributed by atoms with Crippen molar-refractivity contribution in [2.24, 2.45) is 0 Å². The van der Waals surface area contributed by atoms with Gasteiger partial charge in [-0.3, -0.25) is 4.79 Å². The van der Waals surface area contributed by atoms with Crippen LogP contribution in [0.1, 0.15) is 48.3 Å². The number of hydrogen-bond donors (Lipinski definition) is 2. The lowest BCUT2D eigenvalue weighted by atomic mass is 10.0. The number of anilines is 1. The molecule has 6 nitrogen and oxygen atoms in total. The average molecular weight is 391 g/mol. The third kappa shape index (κ3) is 6.22. The molecule has 0 heterocycles. The lowest BCUT2D eigenvalue weighted by molar-refractivity contribution is -0.117. The first-order valence-corrected chi connectivity index (χ1v) is 9.52. The van der Waals surface area contributed by atoms with Crippen molar-refractivity contribution >= 4 is 17.6 Å². The minimum atomic E-state index is -0.463. The molecular weight excluding hydrogens is 366 g/mol. The summed E-state index contributed by atoms with van der Waals surface area (Å²) in [5.74, 6) is -0.858. The first-order valence-electron chi connectivity index (χ1n) is 9.52. The first-order chi connectivity index (χ1) is 14.0. The lowest BCUT2D eigenvalue weighted by Crippen LogP contribution is -2.28. The number of esters is 1. The summed E-state index contributed by atoms with van der Waals surface area (Å²) < 4.78 is 4.93. The van der Waals surface area contributed by atoms with Crippen LogP contribution in [0.4, 0.5) is 5.69 Å². The molecule has 0 saturated heterocycles. The molecule has 0 aliphatic heterocycles. The molecule has 1 unspecified atom stereocenters. The van der Waals surface area contributed by atoms with Crippen LogP contribution < -0.4 is 10.6 Å². The Morgan fingerprint density at radius 2 is 1.76 bits per heavy atom. The van der Waals surface area contributed by atoms with Crippen LogP contribution in [-0.2, 0) is 16.0 Å². The summed E-state index contributed by atoms with van der Waals surface area (Å²) in [5.41, 5.74) is 3.22. The monoisotopic (exact) mass is 391 g/mol. The topological polar surface area (TPSA) is 91.2 Å². The van der Waals surface area contributed by atoms with Crippen LogP contribution in [0.2, 0.25) is 0 Å². The van der Waals surface area contributed by atoms with Crippen molar-refractivity contribution in [2.45, 2.75) is 33.2 Å². The molecule has 150 valence electrons. The minimum Gasteiger partial charge on any atom is -0.462 e. The molecule has 2 N–H and O–H groups in total. The zero-order valence-corrected chi connectivity index (χ0v) is 16.9. The van der Waals surface area contributed by atoms with Gasteiger partial charge in [0.2, 0.25) is 0 Å². The number of aryl methyl sites for hydroxylation is 1. The fraction of sp³-hybridized carbons (Fsp3) is 0.261. The molecule has 0 fully saturated rings. The Morgan fingerprint density at radius 1 is 1.10 bits per heavy atom. The highest BCUT2D eigenvalue weighted by Crippen LogP contribution is 2.15. The molecule has 0 saturated carbocycles. The van der Waals surface area contributed by atoms with Crippen molar-refractivity contribution in [3.8, 4) is 6.07 Å². The molecule has 2 aromatic rings. The number of hydrogen-bond acceptors (Lipinski definition) is 5. The Labute approximate surface area is 171 Å². The fourth-order valence-electron chi connectivity index (χ4n) is 2.62. The molecule has 2 rings (SSSR count). The van der Waals surface area contributed by atoms with Gasteiger partial charge < -0.3 is 15.4 Å². The molecule has 0 radical (unpaired) electrons. The number of carbonyl (C=O) groups excluding carboxylic acids is 2. The van der Waals surface area contributed by atoms with Crippen molar-refractivity contribution in [3.05, 3.63) is 77.0 Å². The van der Waals surface area contributed by atoms with Crippen LogP contribution in [0.3, 0.4) is 0 Å². The third-order valence-corrected chi connectivity index (χ3v) is 4.38. The van der Waals surface area contributed by atoms with Gasteiger partial charge in [0.05, 0.1) is 18.2 Å². The molecule has 0 aromatic heterocycles. The average Bonchev–Trinajstić information content (AvgIpc) is 2.74. The number of amides is 1. The quantitative estimate of drug-likeness (QED) is 0.401. The summed E-state index contributed by atoms with van der Waals surface area (Å²) in [6, 6.07) is 16.3. The second-order valence-corrected chi connectivity index (χ2v) is 6.40. The standard InChI is InChI=1S/C23H25N3O3/c1-4-17-6-8-18(9-7-17)16(3)26-22(27)20(14-24)15-25-21-12-10-19(11-13-21)23(28)29-5-2/h6-13,15-16,25H,4-5H2,1-3H3,(H,26,27)/b20-15-. The maximum absolute atomic E-state index is 12.4. The molecule has 0 bridgehead atoms. The van der Waals surface area contributed by atoms with E-state index in [1.165, 1.54) is 11.8 Å². The zero-order chi connectivity index (χ0) is 21.2. The number of nitriles is 1. The fourth-order valence-corrected chi connectivity index (χ4v) is 2.62. The Morgan fingerprint density at radius 3 is 2.31 bits per heavy atom. The highest BCUT2D eigenvalue weighted by Gasteiger charge is 2.14. The highest BCUT2D eigenvalue weighted by atomic mass is 16.5. The molecule has 2 aromatic carbocycles. The molecule has 29 heavy (non-hydrogen) atoms. The number of nitrogens with one attached hydrogen (secondary N) is 2. The van der Waals surface area contributed by atoms with Crippen molar-refractivity contribution < 1.29 is 14.3 Å². The number of benzene rings is 2. The summed E-state index contributed by atoms with van der Waals surface area (Å²) in [5, 5.41) is 15.1. The van der Waals surface area contributed by atoms with Crippen LogP contribution in [-0.4, -0.2) is 18.5 Å². The number of rotatable bonds is 8. The lowest BCUT2D eigenvalue weighted by Gasteiger charge is -2.14. The van der Waals surface area contributed by atoms with Gasteiger partial charge in [-0.25, -0.2) is 4.79 Å². The summed E-state index contributed by atoms with van der Waals surface area (Å²) in [4.78, 5) is 24.1. The molecule has 0 aliphatic carbocycles. The maximum Gasteiger partial charge on any atom is 0.338 e. The Bertz CT molecular complexity index is 910. The minimum absolute atomic E-state index is 0.0449. The zero-order valence-electron chi connectivity index (χ0n) is 16.9. The molecule has 6 heteroatoms. The van der Waals surface area contributed by atoms with Gasteiger partial charge in [-0.1, -0.05) is 31.2 Å². The van der Waals surface area contributed by atoms with E-state index in [2.05, 4.69) is 17.6 Å². The van der Waals surface area contributed by atoms with Crippen molar-refractivity contribution in [2.75, 3.05) is 11.9 Å². The smallest absolute Gasteiger partial charge is 0.338 e. The van der Waals surface area contributed by atoms with E-state index < -0.39 is 11.9 Å². The van der Waals surface area contributed by atoms with Gasteiger partial charge in [0.25, 0.3) is 5.91 Å². The summed E-state index contributed by atoms with van der Waals surface area (Å²) in [7, 11) is 0. The van der Waals surface area contributed by atoms with E-state index in [9.17, 15) is 14.9 Å². The van der Waals surface area contributed by atoms with Gasteiger partial charge in [-0.05, 0) is 55.7 Å². The van der Waals surface area contributed by atoms with Gasteiger partial charge in [-0.15, -0.1) is 0 Å². The Hall–Kier alpha value is -3.59. The van der Waals surface area contributed by atoms with E-state index in [4.69, 9.17) is 4.74 Å². The number of ether oxygens (including phenoxy) is 1. The van der Waals surface area contributed by atoms with Crippen LogP contribution in [0.25, 0.3) is 0 Å². The second-order valence-electron chi connectivity index (χ2n) is 6.40. The van der Waals surface area contributed by atoms with Crippen molar-refractivity contribution in [3.63, 3.8) is 0 Å². The predicted molar refractivity (Wildman–Crippen MR) is 112 cm³/mol. The highest BCUT2D eigenvalue weighted by molar-refractivity contribution is 5.97. The molecule has 1 atom stereocenters. The van der Waals surface area contributed by atoms with Crippen LogP contribution in [0.15, 0.2) is 60.3 Å². The summed E-state index contributed by atoms with van der Waals surface area (Å²) in [6.45, 7) is 6.01. The van der Waals surface area contributed by atoms with Crippen molar-refractivity contribution in [1.29, 1.82) is 5.26 Å². The maximum atomic E-state index is 12.4. The summed E-state index contributed by atoms with van der Waals surface area (Å²) in [6.07, 6.45) is 2.30. The van der Waals surface area contributed by atoms with E-state index in [1.54, 1.807) is 31.2 Å². The van der Waals surface area contributed by atoms with Crippen LogP contribution in [0.5, 0.6) is 0 Å². The van der Waals surface area contributed by atoms with Crippen LogP contribution in [0, 0.1) is 11.3 Å². The molecular formula is C23H25N3O3. The van der Waals surface area contributed by atoms with E-state index in [0.717, 1.165) is 12.0 Å². The SMILES string of the molecule is CCOC(=O)c1ccc(N/C=C(/C#N)C(=O)NC(C)c2ccc(CC)cc2)cc1. The normalized spacial score (nSPS) is 11.9. The predicted octanol–water partition coefficient (Wildman–Crippen LogP) is 4.12. The molecule has 1 amide bonds. The van der Waals surface area contributed by atoms with Gasteiger partial charge in [0.15, 0.2) is 0 Å². The van der Waals surface area contributed by atoms with Crippen molar-refractivity contribution in [1.82, 2.24) is 5.32 Å². The van der Waals surface area contributed by atoms with E-state index >= 15 is 0 Å². The Kier molecular flexibility index (Phi) is 7.99. The second kappa shape index (κ2) is 10.7. The third-order valence-electron chi connectivity index (χ3n) is 4.38. The number of nitrogens with zero attached hydrogens (tertiary/aromatic N) is 1. The molecule has 0 spiro atoms. The van der Waals surface area contributed by atoms with Gasteiger partial charge in [0.1, 0.15) is 11.6 Å². The molecule has 0 aliphatic rings. The van der Waals surface area contributed by atoms with Gasteiger partial charge in [-0.2, -0.15) is 5.26 Å². The van der Waals surface area contributed by atoms with Gasteiger partial charge in [0, 0.05) is 11.9 Å². The largest absolute Gasteiger partial charge is 0.462 e.